The molecule has 1 aliphatic heterocycles. The lowest BCUT2D eigenvalue weighted by Crippen LogP contribution is -2.30. The second-order valence-corrected chi connectivity index (χ2v) is 6.16. The first-order valence-corrected chi connectivity index (χ1v) is 7.37. The maximum absolute atomic E-state index is 8.62. The zero-order valence-corrected chi connectivity index (χ0v) is 11.3. The molecule has 2 N–H and O–H groups in total. The van der Waals surface area contributed by atoms with Gasteiger partial charge in [-0.3, -0.25) is 0 Å². The molecule has 0 aromatic rings. The Hall–Kier alpha value is 0.230. The van der Waals surface area contributed by atoms with Crippen molar-refractivity contribution in [2.75, 3.05) is 31.2 Å². The van der Waals surface area contributed by atoms with Crippen molar-refractivity contribution >= 4 is 11.8 Å². The number of aliphatic hydroxyl groups is 1. The van der Waals surface area contributed by atoms with Crippen molar-refractivity contribution in [1.82, 2.24) is 5.32 Å². The summed E-state index contributed by atoms with van der Waals surface area (Å²) in [5, 5.41) is 12.0. The van der Waals surface area contributed by atoms with Crippen molar-refractivity contribution in [2.24, 2.45) is 0 Å². The third kappa shape index (κ3) is 6.09. The number of aliphatic hydroxyl groups excluding tert-OH is 1. The number of hydrogen-bond acceptors (Lipinski definition) is 4. The molecule has 1 fully saturated rings. The molecule has 96 valence electrons. The Labute approximate surface area is 103 Å². The SMILES string of the molecule is CC1(C)CCC(CNCCSCCCO)O1. The van der Waals surface area contributed by atoms with Gasteiger partial charge in [0.25, 0.3) is 0 Å². The molecule has 0 spiro atoms. The summed E-state index contributed by atoms with van der Waals surface area (Å²) in [6.45, 7) is 6.65. The maximum atomic E-state index is 8.62. The van der Waals surface area contributed by atoms with Crippen LogP contribution in [0.25, 0.3) is 0 Å². The number of rotatable bonds is 8. The summed E-state index contributed by atoms with van der Waals surface area (Å²) in [7, 11) is 0. The van der Waals surface area contributed by atoms with Gasteiger partial charge in [-0.05, 0) is 38.9 Å². The minimum absolute atomic E-state index is 0.0855. The van der Waals surface area contributed by atoms with E-state index in [0.717, 1.165) is 31.0 Å². The molecule has 1 saturated heterocycles. The average molecular weight is 247 g/mol. The summed E-state index contributed by atoms with van der Waals surface area (Å²) in [4.78, 5) is 0. The van der Waals surface area contributed by atoms with E-state index in [1.54, 1.807) is 0 Å². The first kappa shape index (κ1) is 14.3. The van der Waals surface area contributed by atoms with E-state index in [2.05, 4.69) is 19.2 Å². The summed E-state index contributed by atoms with van der Waals surface area (Å²) in [6.07, 6.45) is 3.66. The van der Waals surface area contributed by atoms with Crippen LogP contribution in [-0.2, 0) is 4.74 Å². The molecule has 0 aliphatic carbocycles. The van der Waals surface area contributed by atoms with E-state index in [1.165, 1.54) is 12.8 Å². The van der Waals surface area contributed by atoms with Crippen LogP contribution in [0.15, 0.2) is 0 Å². The highest BCUT2D eigenvalue weighted by atomic mass is 32.2. The molecule has 1 aliphatic rings. The summed E-state index contributed by atoms with van der Waals surface area (Å²) in [6, 6.07) is 0. The lowest BCUT2D eigenvalue weighted by Gasteiger charge is -2.19. The minimum Gasteiger partial charge on any atom is -0.396 e. The van der Waals surface area contributed by atoms with E-state index >= 15 is 0 Å². The van der Waals surface area contributed by atoms with Crippen molar-refractivity contribution in [3.8, 4) is 0 Å². The second kappa shape index (κ2) is 7.54. The molecule has 1 rings (SSSR count). The van der Waals surface area contributed by atoms with Gasteiger partial charge in [0.2, 0.25) is 0 Å². The number of ether oxygens (including phenoxy) is 1. The quantitative estimate of drug-likeness (QED) is 0.640. The Bertz CT molecular complexity index is 188. The lowest BCUT2D eigenvalue weighted by atomic mass is 10.1. The van der Waals surface area contributed by atoms with Gasteiger partial charge < -0.3 is 15.2 Å². The van der Waals surface area contributed by atoms with Crippen LogP contribution >= 0.6 is 11.8 Å². The number of thioether (sulfide) groups is 1. The summed E-state index contributed by atoms with van der Waals surface area (Å²) in [5.41, 5.74) is 0.0855. The highest BCUT2D eigenvalue weighted by molar-refractivity contribution is 7.99. The van der Waals surface area contributed by atoms with Gasteiger partial charge in [-0.1, -0.05) is 0 Å². The number of hydrogen-bond donors (Lipinski definition) is 2. The Kier molecular flexibility index (Phi) is 6.73. The van der Waals surface area contributed by atoms with Crippen molar-refractivity contribution in [3.63, 3.8) is 0 Å². The Balaban J connectivity index is 1.88. The van der Waals surface area contributed by atoms with E-state index < -0.39 is 0 Å². The lowest BCUT2D eigenvalue weighted by molar-refractivity contribution is -0.0139. The maximum Gasteiger partial charge on any atom is 0.0707 e. The molecule has 1 heterocycles. The molecular formula is C12H25NO2S. The van der Waals surface area contributed by atoms with E-state index in [1.807, 2.05) is 11.8 Å². The van der Waals surface area contributed by atoms with Crippen molar-refractivity contribution < 1.29 is 9.84 Å². The Morgan fingerprint density at radius 3 is 2.88 bits per heavy atom. The van der Waals surface area contributed by atoms with Gasteiger partial charge in [0.15, 0.2) is 0 Å². The smallest absolute Gasteiger partial charge is 0.0707 e. The molecule has 0 amide bonds. The second-order valence-electron chi connectivity index (χ2n) is 4.93. The predicted octanol–water partition coefficient (Wildman–Crippen LogP) is 1.65. The molecule has 0 aromatic carbocycles. The van der Waals surface area contributed by atoms with Gasteiger partial charge in [-0.15, -0.1) is 0 Å². The average Bonchev–Trinajstić information content (AvgIpc) is 2.57. The fraction of sp³-hybridized carbons (Fsp3) is 1.00. The zero-order valence-electron chi connectivity index (χ0n) is 10.5. The highest BCUT2D eigenvalue weighted by Crippen LogP contribution is 2.28. The van der Waals surface area contributed by atoms with Crippen LogP contribution in [0.1, 0.15) is 33.1 Å². The van der Waals surface area contributed by atoms with E-state index in [0.29, 0.717) is 12.7 Å². The van der Waals surface area contributed by atoms with Crippen LogP contribution in [0.5, 0.6) is 0 Å². The normalized spacial score (nSPS) is 23.8. The summed E-state index contributed by atoms with van der Waals surface area (Å²) in [5.74, 6) is 2.18. The summed E-state index contributed by atoms with van der Waals surface area (Å²) >= 11 is 1.90. The van der Waals surface area contributed by atoms with Gasteiger partial charge in [0.1, 0.15) is 0 Å². The van der Waals surface area contributed by atoms with E-state index in [4.69, 9.17) is 9.84 Å². The van der Waals surface area contributed by atoms with Gasteiger partial charge in [-0.25, -0.2) is 0 Å². The largest absolute Gasteiger partial charge is 0.396 e. The third-order valence-corrected chi connectivity index (χ3v) is 3.87. The van der Waals surface area contributed by atoms with Crippen LogP contribution in [-0.4, -0.2) is 48.0 Å². The van der Waals surface area contributed by atoms with Gasteiger partial charge >= 0.3 is 0 Å². The Morgan fingerprint density at radius 2 is 2.25 bits per heavy atom. The monoisotopic (exact) mass is 247 g/mol. The molecule has 1 unspecified atom stereocenters. The van der Waals surface area contributed by atoms with E-state index in [9.17, 15) is 0 Å². The van der Waals surface area contributed by atoms with Crippen molar-refractivity contribution in [3.05, 3.63) is 0 Å². The van der Waals surface area contributed by atoms with Crippen LogP contribution in [0, 0.1) is 0 Å². The van der Waals surface area contributed by atoms with Gasteiger partial charge in [-0.2, -0.15) is 11.8 Å². The fourth-order valence-corrected chi connectivity index (χ4v) is 2.72. The van der Waals surface area contributed by atoms with Crippen LogP contribution in [0.2, 0.25) is 0 Å². The van der Waals surface area contributed by atoms with Crippen LogP contribution in [0.3, 0.4) is 0 Å². The number of nitrogens with one attached hydrogen (secondary N) is 1. The van der Waals surface area contributed by atoms with Gasteiger partial charge in [0.05, 0.1) is 11.7 Å². The molecule has 0 bridgehead atoms. The van der Waals surface area contributed by atoms with Crippen molar-refractivity contribution in [1.29, 1.82) is 0 Å². The summed E-state index contributed by atoms with van der Waals surface area (Å²) < 4.78 is 5.89. The van der Waals surface area contributed by atoms with E-state index in [-0.39, 0.29) is 5.60 Å². The first-order chi connectivity index (χ1) is 7.64. The highest BCUT2D eigenvalue weighted by Gasteiger charge is 2.30. The molecular weight excluding hydrogens is 222 g/mol. The first-order valence-electron chi connectivity index (χ1n) is 6.21. The topological polar surface area (TPSA) is 41.5 Å². The molecule has 4 heteroatoms. The molecule has 0 aromatic heterocycles. The molecule has 1 atom stereocenters. The standard InChI is InChI=1S/C12H25NO2S/c1-12(2)5-4-11(15-12)10-13-6-9-16-8-3-7-14/h11,13-14H,3-10H2,1-2H3. The Morgan fingerprint density at radius 1 is 1.44 bits per heavy atom. The van der Waals surface area contributed by atoms with Crippen molar-refractivity contribution in [2.45, 2.75) is 44.8 Å². The van der Waals surface area contributed by atoms with Crippen LogP contribution < -0.4 is 5.32 Å². The van der Waals surface area contributed by atoms with Crippen LogP contribution in [0.4, 0.5) is 0 Å². The molecule has 3 nitrogen and oxygen atoms in total. The predicted molar refractivity (Wildman–Crippen MR) is 70.1 cm³/mol. The molecule has 16 heavy (non-hydrogen) atoms. The minimum atomic E-state index is 0.0855. The third-order valence-electron chi connectivity index (χ3n) is 2.80. The van der Waals surface area contributed by atoms with Gasteiger partial charge in [0, 0.05) is 25.4 Å². The molecule has 0 radical (unpaired) electrons. The molecule has 0 saturated carbocycles. The zero-order chi connectivity index (χ0) is 11.9. The fourth-order valence-electron chi connectivity index (χ4n) is 1.90.